The molecule has 0 radical (unpaired) electrons. The lowest BCUT2D eigenvalue weighted by Crippen LogP contribution is -2.04. The second kappa shape index (κ2) is 4.77. The maximum absolute atomic E-state index is 6.93. The molecule has 0 bridgehead atoms. The summed E-state index contributed by atoms with van der Waals surface area (Å²) in [6.45, 7) is 2.58. The fourth-order valence-corrected chi connectivity index (χ4v) is 1.92. The fraction of sp³-hybridized carbons (Fsp3) is 0.222. The van der Waals surface area contributed by atoms with E-state index in [1.807, 2.05) is 19.1 Å². The van der Waals surface area contributed by atoms with Gasteiger partial charge in [-0.15, -0.1) is 0 Å². The second-order valence-corrected chi connectivity index (χ2v) is 4.32. The molecular weight excluding hydrogens is 296 g/mol. The summed E-state index contributed by atoms with van der Waals surface area (Å²) in [7, 11) is 0. The monoisotopic (exact) mass is 304 g/mol. The van der Waals surface area contributed by atoms with E-state index < -0.39 is 0 Å². The minimum Gasteiger partial charge on any atom is -0.379 e. The molecule has 0 spiro atoms. The summed E-state index contributed by atoms with van der Waals surface area (Å²) in [6.07, 6.45) is 1.34. The van der Waals surface area contributed by atoms with Gasteiger partial charge in [-0.3, -0.25) is 0 Å². The molecule has 4 heteroatoms. The molecule has 0 amide bonds. The van der Waals surface area contributed by atoms with Crippen LogP contribution in [0.5, 0.6) is 0 Å². The fourth-order valence-electron chi connectivity index (χ4n) is 1.02. The van der Waals surface area contributed by atoms with E-state index in [-0.39, 0.29) is 0 Å². The number of benzene rings is 1. The van der Waals surface area contributed by atoms with E-state index in [0.717, 1.165) is 20.2 Å². The molecule has 1 aromatic carbocycles. The van der Waals surface area contributed by atoms with Crippen LogP contribution in [-0.2, 0) is 0 Å². The van der Waals surface area contributed by atoms with Crippen LogP contribution in [0, 0.1) is 12.3 Å². The Hall–Kier alpha value is -0.350. The molecular formula is C9H10Br2N2. The SMILES string of the molecule is Cc1c(Br)ccc(Br)c1NCC=N. The number of halogens is 2. The van der Waals surface area contributed by atoms with Crippen LogP contribution in [0.2, 0.25) is 0 Å². The molecule has 0 saturated carbocycles. The van der Waals surface area contributed by atoms with Gasteiger partial charge in [-0.1, -0.05) is 15.9 Å². The Morgan fingerprint density at radius 2 is 2.00 bits per heavy atom. The van der Waals surface area contributed by atoms with Crippen molar-refractivity contribution in [1.29, 1.82) is 5.41 Å². The summed E-state index contributed by atoms with van der Waals surface area (Å²) in [6, 6.07) is 3.97. The van der Waals surface area contributed by atoms with Gasteiger partial charge >= 0.3 is 0 Å². The van der Waals surface area contributed by atoms with Gasteiger partial charge in [0.2, 0.25) is 0 Å². The molecule has 70 valence electrons. The van der Waals surface area contributed by atoms with Gasteiger partial charge in [0.05, 0.1) is 5.69 Å². The number of anilines is 1. The summed E-state index contributed by atoms with van der Waals surface area (Å²) in [5.74, 6) is 0. The normalized spacial score (nSPS) is 9.77. The van der Waals surface area contributed by atoms with E-state index in [0.29, 0.717) is 6.54 Å². The lowest BCUT2D eigenvalue weighted by Gasteiger charge is -2.10. The predicted molar refractivity (Wildman–Crippen MR) is 63.9 cm³/mol. The van der Waals surface area contributed by atoms with Crippen molar-refractivity contribution in [3.05, 3.63) is 26.6 Å². The van der Waals surface area contributed by atoms with Crippen LogP contribution in [0.4, 0.5) is 5.69 Å². The Morgan fingerprint density at radius 3 is 2.62 bits per heavy atom. The third kappa shape index (κ3) is 2.54. The van der Waals surface area contributed by atoms with E-state index in [2.05, 4.69) is 37.2 Å². The molecule has 2 N–H and O–H groups in total. The second-order valence-electron chi connectivity index (χ2n) is 2.61. The third-order valence-electron chi connectivity index (χ3n) is 1.73. The molecule has 0 saturated heterocycles. The van der Waals surface area contributed by atoms with Gasteiger partial charge < -0.3 is 10.7 Å². The zero-order valence-corrected chi connectivity index (χ0v) is 10.4. The molecule has 0 aromatic heterocycles. The summed E-state index contributed by atoms with van der Waals surface area (Å²) in [5, 5.41) is 10.1. The molecule has 1 aromatic rings. The van der Waals surface area contributed by atoms with Gasteiger partial charge in [0, 0.05) is 21.7 Å². The van der Waals surface area contributed by atoms with Gasteiger partial charge in [-0.05, 0) is 40.5 Å². The van der Waals surface area contributed by atoms with Crippen molar-refractivity contribution in [3.63, 3.8) is 0 Å². The van der Waals surface area contributed by atoms with Crippen molar-refractivity contribution in [1.82, 2.24) is 0 Å². The quantitative estimate of drug-likeness (QED) is 0.823. The summed E-state index contributed by atoms with van der Waals surface area (Å²) in [5.41, 5.74) is 2.19. The highest BCUT2D eigenvalue weighted by Gasteiger charge is 2.05. The minimum absolute atomic E-state index is 0.551. The van der Waals surface area contributed by atoms with E-state index in [9.17, 15) is 0 Å². The first-order chi connectivity index (χ1) is 6.16. The molecule has 0 heterocycles. The maximum Gasteiger partial charge on any atom is 0.0528 e. The first-order valence-electron chi connectivity index (χ1n) is 3.84. The molecule has 13 heavy (non-hydrogen) atoms. The number of nitrogens with one attached hydrogen (secondary N) is 2. The number of rotatable bonds is 3. The van der Waals surface area contributed by atoms with E-state index in [1.54, 1.807) is 0 Å². The van der Waals surface area contributed by atoms with Crippen molar-refractivity contribution in [3.8, 4) is 0 Å². The molecule has 0 aliphatic carbocycles. The zero-order valence-electron chi connectivity index (χ0n) is 7.20. The van der Waals surface area contributed by atoms with Crippen LogP contribution in [0.1, 0.15) is 5.56 Å². The van der Waals surface area contributed by atoms with E-state index in [4.69, 9.17) is 5.41 Å². The van der Waals surface area contributed by atoms with Crippen molar-refractivity contribution in [2.75, 3.05) is 11.9 Å². The van der Waals surface area contributed by atoms with Crippen LogP contribution >= 0.6 is 31.9 Å². The topological polar surface area (TPSA) is 35.9 Å². The highest BCUT2D eigenvalue weighted by Crippen LogP contribution is 2.31. The maximum atomic E-state index is 6.93. The van der Waals surface area contributed by atoms with Gasteiger partial charge in [0.1, 0.15) is 0 Å². The largest absolute Gasteiger partial charge is 0.379 e. The average molecular weight is 306 g/mol. The minimum atomic E-state index is 0.551. The highest BCUT2D eigenvalue weighted by atomic mass is 79.9. The zero-order chi connectivity index (χ0) is 9.84. The van der Waals surface area contributed by atoms with Crippen LogP contribution in [0.15, 0.2) is 21.1 Å². The molecule has 0 aliphatic heterocycles. The Morgan fingerprint density at radius 1 is 1.38 bits per heavy atom. The lowest BCUT2D eigenvalue weighted by atomic mass is 10.2. The Labute approximate surface area is 94.5 Å². The molecule has 0 fully saturated rings. The Bertz CT molecular complexity index is 324. The first-order valence-corrected chi connectivity index (χ1v) is 5.43. The smallest absolute Gasteiger partial charge is 0.0528 e. The third-order valence-corrected chi connectivity index (χ3v) is 3.25. The first kappa shape index (κ1) is 10.7. The highest BCUT2D eigenvalue weighted by molar-refractivity contribution is 9.11. The van der Waals surface area contributed by atoms with Crippen molar-refractivity contribution >= 4 is 43.8 Å². The van der Waals surface area contributed by atoms with Crippen molar-refractivity contribution in [2.24, 2.45) is 0 Å². The molecule has 1 rings (SSSR count). The summed E-state index contributed by atoms with van der Waals surface area (Å²) in [4.78, 5) is 0. The van der Waals surface area contributed by atoms with Gasteiger partial charge in [0.15, 0.2) is 0 Å². The van der Waals surface area contributed by atoms with Gasteiger partial charge in [-0.2, -0.15) is 0 Å². The van der Waals surface area contributed by atoms with Crippen molar-refractivity contribution < 1.29 is 0 Å². The predicted octanol–water partition coefficient (Wildman–Crippen LogP) is 3.58. The Kier molecular flexibility index (Phi) is 3.93. The van der Waals surface area contributed by atoms with Crippen LogP contribution in [0.3, 0.4) is 0 Å². The number of hydrogen-bond donors (Lipinski definition) is 2. The van der Waals surface area contributed by atoms with Gasteiger partial charge in [-0.25, -0.2) is 0 Å². The van der Waals surface area contributed by atoms with Crippen LogP contribution in [0.25, 0.3) is 0 Å². The van der Waals surface area contributed by atoms with E-state index in [1.165, 1.54) is 6.21 Å². The summed E-state index contributed by atoms with van der Waals surface area (Å²) >= 11 is 6.91. The lowest BCUT2D eigenvalue weighted by molar-refractivity contribution is 1.31. The Balaban J connectivity index is 3.02. The molecule has 0 aliphatic rings. The van der Waals surface area contributed by atoms with Crippen LogP contribution in [-0.4, -0.2) is 12.8 Å². The van der Waals surface area contributed by atoms with Gasteiger partial charge in [0.25, 0.3) is 0 Å². The van der Waals surface area contributed by atoms with Crippen LogP contribution < -0.4 is 5.32 Å². The molecule has 2 nitrogen and oxygen atoms in total. The molecule has 0 unspecified atom stereocenters. The number of hydrogen-bond acceptors (Lipinski definition) is 2. The average Bonchev–Trinajstić information content (AvgIpc) is 2.12. The standard InChI is InChI=1S/C9H10Br2N2/c1-6-7(10)2-3-8(11)9(6)13-5-4-12/h2-4,12-13H,5H2,1H3. The molecule has 0 atom stereocenters. The van der Waals surface area contributed by atoms with E-state index >= 15 is 0 Å². The van der Waals surface area contributed by atoms with Crippen molar-refractivity contribution in [2.45, 2.75) is 6.92 Å². The summed E-state index contributed by atoms with van der Waals surface area (Å²) < 4.78 is 2.10.